The third kappa shape index (κ3) is 2.57. The van der Waals surface area contributed by atoms with Crippen molar-refractivity contribution in [2.24, 2.45) is 0 Å². The molecule has 1 amide bonds. The molecule has 1 aromatic rings. The first kappa shape index (κ1) is 12.7. The van der Waals surface area contributed by atoms with Crippen LogP contribution < -0.4 is 4.90 Å². The van der Waals surface area contributed by atoms with Gasteiger partial charge in [0.1, 0.15) is 6.07 Å². The quantitative estimate of drug-likeness (QED) is 0.777. The van der Waals surface area contributed by atoms with Gasteiger partial charge in [-0.3, -0.25) is 4.79 Å². The molecule has 1 heterocycles. The Balaban J connectivity index is 2.23. The van der Waals surface area contributed by atoms with Gasteiger partial charge in [0, 0.05) is 25.8 Å². The number of hydrogen-bond donors (Lipinski definition) is 0. The second-order valence-corrected chi connectivity index (χ2v) is 4.77. The second kappa shape index (κ2) is 5.28. The molecule has 4 nitrogen and oxygen atoms in total. The van der Waals surface area contributed by atoms with Crippen molar-refractivity contribution in [3.05, 3.63) is 28.8 Å². The zero-order valence-electron chi connectivity index (χ0n) is 10.2. The number of amides is 1. The Morgan fingerprint density at radius 2 is 2.17 bits per heavy atom. The SMILES string of the molecule is CN1CCCN(c2ccc(C#N)c(Cl)c2)CC1=O. The summed E-state index contributed by atoms with van der Waals surface area (Å²) in [5.41, 5.74) is 1.35. The number of carbonyl (C=O) groups excluding carboxylic acids is 1. The molecule has 1 aliphatic rings. The number of anilines is 1. The highest BCUT2D eigenvalue weighted by Crippen LogP contribution is 2.24. The van der Waals surface area contributed by atoms with E-state index in [1.807, 2.05) is 24.1 Å². The number of benzene rings is 1. The maximum Gasteiger partial charge on any atom is 0.241 e. The highest BCUT2D eigenvalue weighted by molar-refractivity contribution is 6.32. The second-order valence-electron chi connectivity index (χ2n) is 4.37. The molecule has 0 aromatic heterocycles. The number of nitrogens with zero attached hydrogens (tertiary/aromatic N) is 3. The van der Waals surface area contributed by atoms with Crippen LogP contribution in [0.15, 0.2) is 18.2 Å². The molecule has 0 bridgehead atoms. The molecule has 0 saturated carbocycles. The van der Waals surface area contributed by atoms with Crippen molar-refractivity contribution >= 4 is 23.2 Å². The van der Waals surface area contributed by atoms with Crippen LogP contribution in [0.25, 0.3) is 0 Å². The molecular formula is C13H14ClN3O. The average molecular weight is 264 g/mol. The van der Waals surface area contributed by atoms with E-state index in [2.05, 4.69) is 0 Å². The number of rotatable bonds is 1. The Hall–Kier alpha value is -1.73. The minimum Gasteiger partial charge on any atom is -0.362 e. The molecule has 0 aliphatic carbocycles. The van der Waals surface area contributed by atoms with E-state index < -0.39 is 0 Å². The van der Waals surface area contributed by atoms with Gasteiger partial charge >= 0.3 is 0 Å². The molecule has 0 atom stereocenters. The third-order valence-corrected chi connectivity index (χ3v) is 3.42. The van der Waals surface area contributed by atoms with E-state index in [0.29, 0.717) is 17.1 Å². The Morgan fingerprint density at radius 1 is 1.39 bits per heavy atom. The highest BCUT2D eigenvalue weighted by Gasteiger charge is 2.19. The van der Waals surface area contributed by atoms with Crippen LogP contribution in [0.2, 0.25) is 5.02 Å². The first-order valence-electron chi connectivity index (χ1n) is 5.80. The van der Waals surface area contributed by atoms with E-state index in [0.717, 1.165) is 25.2 Å². The summed E-state index contributed by atoms with van der Waals surface area (Å²) in [5, 5.41) is 9.26. The van der Waals surface area contributed by atoms with E-state index in [1.54, 1.807) is 17.0 Å². The van der Waals surface area contributed by atoms with Crippen molar-refractivity contribution < 1.29 is 4.79 Å². The molecule has 1 aromatic carbocycles. The van der Waals surface area contributed by atoms with Crippen LogP contribution in [0.5, 0.6) is 0 Å². The van der Waals surface area contributed by atoms with E-state index in [1.165, 1.54) is 0 Å². The van der Waals surface area contributed by atoms with Crippen LogP contribution in [0.1, 0.15) is 12.0 Å². The molecule has 94 valence electrons. The molecule has 0 unspecified atom stereocenters. The predicted molar refractivity (Wildman–Crippen MR) is 70.6 cm³/mol. The summed E-state index contributed by atoms with van der Waals surface area (Å²) in [6.07, 6.45) is 0.930. The summed E-state index contributed by atoms with van der Waals surface area (Å²) in [6.45, 7) is 1.95. The zero-order valence-corrected chi connectivity index (χ0v) is 10.9. The van der Waals surface area contributed by atoms with E-state index in [-0.39, 0.29) is 5.91 Å². The molecule has 1 fully saturated rings. The van der Waals surface area contributed by atoms with Gasteiger partial charge in [0.2, 0.25) is 5.91 Å². The molecule has 2 rings (SSSR count). The van der Waals surface area contributed by atoms with Crippen molar-refractivity contribution in [3.63, 3.8) is 0 Å². The van der Waals surface area contributed by atoms with E-state index >= 15 is 0 Å². The fourth-order valence-corrected chi connectivity index (χ4v) is 2.22. The predicted octanol–water partition coefficient (Wildman–Crippen LogP) is 1.88. The Labute approximate surface area is 111 Å². The van der Waals surface area contributed by atoms with Gasteiger partial charge in [-0.05, 0) is 24.6 Å². The van der Waals surface area contributed by atoms with Crippen molar-refractivity contribution in [1.82, 2.24) is 4.90 Å². The molecule has 1 aliphatic heterocycles. The first-order chi connectivity index (χ1) is 8.61. The van der Waals surface area contributed by atoms with Gasteiger partial charge in [0.15, 0.2) is 0 Å². The fraction of sp³-hybridized carbons (Fsp3) is 0.385. The van der Waals surface area contributed by atoms with Crippen LogP contribution in [0.3, 0.4) is 0 Å². The molecule has 5 heteroatoms. The van der Waals surface area contributed by atoms with Crippen LogP contribution in [-0.2, 0) is 4.79 Å². The molecule has 18 heavy (non-hydrogen) atoms. The monoisotopic (exact) mass is 263 g/mol. The van der Waals surface area contributed by atoms with Crippen LogP contribution in [0.4, 0.5) is 5.69 Å². The minimum absolute atomic E-state index is 0.105. The number of nitriles is 1. The van der Waals surface area contributed by atoms with Gasteiger partial charge in [-0.15, -0.1) is 0 Å². The molecule has 1 saturated heterocycles. The lowest BCUT2D eigenvalue weighted by atomic mass is 10.2. The van der Waals surface area contributed by atoms with Crippen molar-refractivity contribution in [2.75, 3.05) is 31.6 Å². The van der Waals surface area contributed by atoms with E-state index in [4.69, 9.17) is 16.9 Å². The summed E-state index contributed by atoms with van der Waals surface area (Å²) in [6, 6.07) is 7.30. The third-order valence-electron chi connectivity index (χ3n) is 3.11. The molecule has 0 radical (unpaired) electrons. The van der Waals surface area contributed by atoms with E-state index in [9.17, 15) is 4.79 Å². The van der Waals surface area contributed by atoms with Crippen LogP contribution in [-0.4, -0.2) is 37.5 Å². The van der Waals surface area contributed by atoms with Gasteiger partial charge in [0.25, 0.3) is 0 Å². The largest absolute Gasteiger partial charge is 0.362 e. The lowest BCUT2D eigenvalue weighted by Crippen LogP contribution is -2.34. The summed E-state index contributed by atoms with van der Waals surface area (Å²) < 4.78 is 0. The van der Waals surface area contributed by atoms with Crippen molar-refractivity contribution in [1.29, 1.82) is 5.26 Å². The zero-order chi connectivity index (χ0) is 13.1. The Bertz CT molecular complexity index is 509. The van der Waals surface area contributed by atoms with Gasteiger partial charge in [-0.25, -0.2) is 0 Å². The summed E-state index contributed by atoms with van der Waals surface area (Å²) in [5.74, 6) is 0.105. The average Bonchev–Trinajstić information content (AvgIpc) is 2.52. The van der Waals surface area contributed by atoms with Gasteiger partial charge in [0.05, 0.1) is 17.1 Å². The number of carbonyl (C=O) groups is 1. The minimum atomic E-state index is 0.105. The first-order valence-corrected chi connectivity index (χ1v) is 6.18. The number of halogens is 1. The number of hydrogen-bond acceptors (Lipinski definition) is 3. The normalized spacial score (nSPS) is 16.4. The molecule has 0 N–H and O–H groups in total. The Morgan fingerprint density at radius 3 is 2.83 bits per heavy atom. The van der Waals surface area contributed by atoms with Gasteiger partial charge < -0.3 is 9.80 Å². The smallest absolute Gasteiger partial charge is 0.241 e. The lowest BCUT2D eigenvalue weighted by Gasteiger charge is -2.22. The van der Waals surface area contributed by atoms with Crippen LogP contribution in [0, 0.1) is 11.3 Å². The number of likely N-dealkylation sites (N-methyl/N-ethyl adjacent to an activating group) is 1. The highest BCUT2D eigenvalue weighted by atomic mass is 35.5. The lowest BCUT2D eigenvalue weighted by molar-refractivity contribution is -0.127. The molecule has 0 spiro atoms. The summed E-state index contributed by atoms with van der Waals surface area (Å²) in [7, 11) is 1.82. The van der Waals surface area contributed by atoms with Crippen LogP contribution >= 0.6 is 11.6 Å². The topological polar surface area (TPSA) is 47.3 Å². The maximum atomic E-state index is 11.8. The summed E-state index contributed by atoms with van der Waals surface area (Å²) >= 11 is 6.01. The summed E-state index contributed by atoms with van der Waals surface area (Å²) in [4.78, 5) is 15.5. The van der Waals surface area contributed by atoms with Gasteiger partial charge in [-0.2, -0.15) is 5.26 Å². The van der Waals surface area contributed by atoms with Crippen molar-refractivity contribution in [2.45, 2.75) is 6.42 Å². The maximum absolute atomic E-state index is 11.8. The van der Waals surface area contributed by atoms with Gasteiger partial charge in [-0.1, -0.05) is 11.6 Å². The Kier molecular flexibility index (Phi) is 3.73. The molecular weight excluding hydrogens is 250 g/mol. The van der Waals surface area contributed by atoms with Crippen molar-refractivity contribution in [3.8, 4) is 6.07 Å². The fourth-order valence-electron chi connectivity index (χ4n) is 2.00. The standard InChI is InChI=1S/C13H14ClN3O/c1-16-5-2-6-17(9-13(16)18)11-4-3-10(8-15)12(14)7-11/h3-4,7H,2,5-6,9H2,1H3.